The molecule has 31 heavy (non-hydrogen) atoms. The SMILES string of the molecule is O=C(NCCn1ccc2ccccc21)C1CCN(c2cc(-n3cncn3)ncn2)CC1. The number of carbonyl (C=O) groups excluding carboxylic acids is 1. The molecule has 4 aromatic rings. The molecule has 0 radical (unpaired) electrons. The van der Waals surface area contributed by atoms with Gasteiger partial charge in [-0.25, -0.2) is 19.6 Å². The first-order chi connectivity index (χ1) is 15.3. The summed E-state index contributed by atoms with van der Waals surface area (Å²) in [5.41, 5.74) is 1.19. The zero-order valence-corrected chi connectivity index (χ0v) is 17.1. The Morgan fingerprint density at radius 1 is 1.06 bits per heavy atom. The van der Waals surface area contributed by atoms with E-state index in [4.69, 9.17) is 0 Å². The highest BCUT2D eigenvalue weighted by Gasteiger charge is 2.25. The van der Waals surface area contributed by atoms with Crippen LogP contribution in [0, 0.1) is 5.92 Å². The van der Waals surface area contributed by atoms with Crippen LogP contribution in [0.3, 0.4) is 0 Å². The molecule has 4 heterocycles. The van der Waals surface area contributed by atoms with Crippen molar-refractivity contribution in [3.63, 3.8) is 0 Å². The molecule has 3 aromatic heterocycles. The van der Waals surface area contributed by atoms with Gasteiger partial charge in [0, 0.05) is 49.9 Å². The molecule has 1 aliphatic heterocycles. The standard InChI is InChI=1S/C22H24N8O/c31-22(24-8-12-28-9-5-17-3-1-2-4-19(17)28)18-6-10-29(11-7-18)20-13-21(26-15-25-20)30-16-23-14-27-30/h1-5,9,13-16,18H,6-8,10-12H2,(H,24,31). The number of rotatable bonds is 6. The van der Waals surface area contributed by atoms with E-state index in [1.807, 2.05) is 18.2 Å². The maximum absolute atomic E-state index is 12.7. The predicted molar refractivity (Wildman–Crippen MR) is 117 cm³/mol. The van der Waals surface area contributed by atoms with E-state index in [0.29, 0.717) is 12.4 Å². The van der Waals surface area contributed by atoms with Crippen LogP contribution in [0.1, 0.15) is 12.8 Å². The maximum Gasteiger partial charge on any atom is 0.223 e. The number of hydrogen-bond acceptors (Lipinski definition) is 6. The van der Waals surface area contributed by atoms with Gasteiger partial charge in [0.05, 0.1) is 0 Å². The summed E-state index contributed by atoms with van der Waals surface area (Å²) < 4.78 is 3.79. The highest BCUT2D eigenvalue weighted by molar-refractivity contribution is 5.80. The number of piperidine rings is 1. The van der Waals surface area contributed by atoms with Gasteiger partial charge in [-0.3, -0.25) is 4.79 Å². The lowest BCUT2D eigenvalue weighted by Crippen LogP contribution is -2.41. The molecule has 0 bridgehead atoms. The summed E-state index contributed by atoms with van der Waals surface area (Å²) in [6.07, 6.45) is 8.31. The minimum Gasteiger partial charge on any atom is -0.356 e. The molecule has 9 nitrogen and oxygen atoms in total. The average molecular weight is 416 g/mol. The van der Waals surface area contributed by atoms with Crippen molar-refractivity contribution >= 4 is 22.6 Å². The Morgan fingerprint density at radius 3 is 2.74 bits per heavy atom. The van der Waals surface area contributed by atoms with E-state index in [0.717, 1.165) is 38.3 Å². The van der Waals surface area contributed by atoms with Crippen molar-refractivity contribution in [2.75, 3.05) is 24.5 Å². The molecule has 9 heteroatoms. The number of anilines is 1. The van der Waals surface area contributed by atoms with Crippen molar-refractivity contribution in [2.24, 2.45) is 5.92 Å². The Morgan fingerprint density at radius 2 is 1.90 bits per heavy atom. The Hall–Kier alpha value is -3.75. The molecule has 1 aliphatic rings. The van der Waals surface area contributed by atoms with Crippen LogP contribution >= 0.6 is 0 Å². The third-order valence-corrected chi connectivity index (χ3v) is 5.81. The molecule has 158 valence electrons. The zero-order chi connectivity index (χ0) is 21.0. The number of hydrogen-bond donors (Lipinski definition) is 1. The van der Waals surface area contributed by atoms with Crippen molar-refractivity contribution in [1.82, 2.24) is 34.6 Å². The molecule has 0 spiro atoms. The number of aromatic nitrogens is 6. The zero-order valence-electron chi connectivity index (χ0n) is 17.1. The molecule has 0 saturated carbocycles. The number of nitrogens with one attached hydrogen (secondary N) is 1. The van der Waals surface area contributed by atoms with E-state index in [1.165, 1.54) is 23.6 Å². The van der Waals surface area contributed by atoms with Gasteiger partial charge in [-0.1, -0.05) is 18.2 Å². The van der Waals surface area contributed by atoms with Gasteiger partial charge in [0.2, 0.25) is 5.91 Å². The number of nitrogens with zero attached hydrogens (tertiary/aromatic N) is 7. The Bertz CT molecular complexity index is 1160. The van der Waals surface area contributed by atoms with E-state index < -0.39 is 0 Å². The smallest absolute Gasteiger partial charge is 0.223 e. The minimum absolute atomic E-state index is 0.0364. The fourth-order valence-corrected chi connectivity index (χ4v) is 4.11. The van der Waals surface area contributed by atoms with Gasteiger partial charge in [-0.05, 0) is 30.4 Å². The first-order valence-corrected chi connectivity index (χ1v) is 10.5. The van der Waals surface area contributed by atoms with Gasteiger partial charge >= 0.3 is 0 Å². The van der Waals surface area contributed by atoms with Crippen LogP contribution in [-0.2, 0) is 11.3 Å². The van der Waals surface area contributed by atoms with Crippen LogP contribution < -0.4 is 10.2 Å². The van der Waals surface area contributed by atoms with Gasteiger partial charge in [-0.15, -0.1) is 0 Å². The molecular weight excluding hydrogens is 392 g/mol. The Labute approximate surface area is 179 Å². The number of amides is 1. The van der Waals surface area contributed by atoms with E-state index >= 15 is 0 Å². The van der Waals surface area contributed by atoms with Gasteiger partial charge in [-0.2, -0.15) is 5.10 Å². The quantitative estimate of drug-likeness (QED) is 0.517. The van der Waals surface area contributed by atoms with Gasteiger partial charge in [0.15, 0.2) is 5.82 Å². The fourth-order valence-electron chi connectivity index (χ4n) is 4.11. The monoisotopic (exact) mass is 416 g/mol. The minimum atomic E-state index is 0.0364. The summed E-state index contributed by atoms with van der Waals surface area (Å²) in [5, 5.41) is 8.45. The van der Waals surface area contributed by atoms with E-state index in [-0.39, 0.29) is 11.8 Å². The summed E-state index contributed by atoms with van der Waals surface area (Å²) >= 11 is 0. The molecule has 5 rings (SSSR count). The lowest BCUT2D eigenvalue weighted by Gasteiger charge is -2.32. The lowest BCUT2D eigenvalue weighted by atomic mass is 9.96. The van der Waals surface area contributed by atoms with Crippen LogP contribution in [0.15, 0.2) is 61.6 Å². The summed E-state index contributed by atoms with van der Waals surface area (Å²) in [5.74, 6) is 1.70. The molecule has 1 N–H and O–H groups in total. The maximum atomic E-state index is 12.7. The normalized spacial score (nSPS) is 14.8. The first-order valence-electron chi connectivity index (χ1n) is 10.5. The summed E-state index contributed by atoms with van der Waals surface area (Å²) in [4.78, 5) is 27.5. The van der Waals surface area contributed by atoms with Crippen LogP contribution in [0.4, 0.5) is 5.82 Å². The molecular formula is C22H24N8O. The number of para-hydroxylation sites is 1. The number of benzene rings is 1. The molecule has 1 saturated heterocycles. The molecule has 1 amide bonds. The summed E-state index contributed by atoms with van der Waals surface area (Å²) in [6, 6.07) is 12.3. The molecule has 0 aliphatic carbocycles. The van der Waals surface area contributed by atoms with Gasteiger partial charge in [0.1, 0.15) is 24.8 Å². The van der Waals surface area contributed by atoms with Crippen molar-refractivity contribution in [3.8, 4) is 5.82 Å². The highest BCUT2D eigenvalue weighted by atomic mass is 16.1. The first kappa shape index (κ1) is 19.2. The summed E-state index contributed by atoms with van der Waals surface area (Å²) in [7, 11) is 0. The lowest BCUT2D eigenvalue weighted by molar-refractivity contribution is -0.125. The average Bonchev–Trinajstić information content (AvgIpc) is 3.50. The van der Waals surface area contributed by atoms with Crippen molar-refractivity contribution < 1.29 is 4.79 Å². The van der Waals surface area contributed by atoms with E-state index in [1.54, 1.807) is 11.0 Å². The second-order valence-corrected chi connectivity index (χ2v) is 7.69. The van der Waals surface area contributed by atoms with Crippen molar-refractivity contribution in [3.05, 3.63) is 61.6 Å². The molecule has 0 atom stereocenters. The number of fused-ring (bicyclic) bond motifs is 1. The Balaban J connectivity index is 1.13. The predicted octanol–water partition coefficient (Wildman–Crippen LogP) is 2.04. The van der Waals surface area contributed by atoms with Crippen LogP contribution in [0.2, 0.25) is 0 Å². The molecule has 0 unspecified atom stereocenters. The van der Waals surface area contributed by atoms with E-state index in [2.05, 4.69) is 59.2 Å². The van der Waals surface area contributed by atoms with Gasteiger partial charge < -0.3 is 14.8 Å². The van der Waals surface area contributed by atoms with Crippen molar-refractivity contribution in [1.29, 1.82) is 0 Å². The second-order valence-electron chi connectivity index (χ2n) is 7.69. The molecule has 1 fully saturated rings. The van der Waals surface area contributed by atoms with E-state index in [9.17, 15) is 4.79 Å². The van der Waals surface area contributed by atoms with Crippen LogP contribution in [0.5, 0.6) is 0 Å². The fraction of sp³-hybridized carbons (Fsp3) is 0.318. The van der Waals surface area contributed by atoms with Crippen molar-refractivity contribution in [2.45, 2.75) is 19.4 Å². The van der Waals surface area contributed by atoms with Crippen LogP contribution in [-0.4, -0.2) is 54.8 Å². The van der Waals surface area contributed by atoms with Crippen LogP contribution in [0.25, 0.3) is 16.7 Å². The summed E-state index contributed by atoms with van der Waals surface area (Å²) in [6.45, 7) is 2.97. The highest BCUT2D eigenvalue weighted by Crippen LogP contribution is 2.22. The number of carbonyl (C=O) groups is 1. The largest absolute Gasteiger partial charge is 0.356 e. The third-order valence-electron chi connectivity index (χ3n) is 5.81. The third kappa shape index (κ3) is 4.11. The topological polar surface area (TPSA) is 93.8 Å². The van der Waals surface area contributed by atoms with Gasteiger partial charge in [0.25, 0.3) is 0 Å². The Kier molecular flexibility index (Phi) is 5.30. The second kappa shape index (κ2) is 8.55. The molecule has 1 aromatic carbocycles.